The van der Waals surface area contributed by atoms with E-state index in [0.29, 0.717) is 13.2 Å². The molecule has 0 bridgehead atoms. The molecule has 3 nitrogen and oxygen atoms in total. The summed E-state index contributed by atoms with van der Waals surface area (Å²) in [4.78, 5) is 14.5. The van der Waals surface area contributed by atoms with Crippen molar-refractivity contribution in [3.05, 3.63) is 34.9 Å². The van der Waals surface area contributed by atoms with Crippen LogP contribution in [0.3, 0.4) is 0 Å². The quantitative estimate of drug-likeness (QED) is 0.533. The lowest BCUT2D eigenvalue weighted by atomic mass is 10.0. The maximum absolute atomic E-state index is 12.3. The van der Waals surface area contributed by atoms with Crippen LogP contribution in [0.1, 0.15) is 35.3 Å². The van der Waals surface area contributed by atoms with Crippen LogP contribution in [0, 0.1) is 13.8 Å². The van der Waals surface area contributed by atoms with Gasteiger partial charge in [0.15, 0.2) is 5.78 Å². The number of benzene rings is 1. The lowest BCUT2D eigenvalue weighted by Gasteiger charge is -2.19. The van der Waals surface area contributed by atoms with Gasteiger partial charge in [0.05, 0.1) is 13.2 Å². The van der Waals surface area contributed by atoms with Gasteiger partial charge >= 0.3 is 0 Å². The van der Waals surface area contributed by atoms with Gasteiger partial charge in [0.2, 0.25) is 0 Å². The van der Waals surface area contributed by atoms with Crippen LogP contribution in [-0.4, -0.2) is 43.5 Å². The molecule has 0 saturated heterocycles. The van der Waals surface area contributed by atoms with Gasteiger partial charge < -0.3 is 4.74 Å². The molecule has 106 valence electrons. The highest BCUT2D eigenvalue weighted by molar-refractivity contribution is 5.99. The highest BCUT2D eigenvalue weighted by atomic mass is 16.5. The molecule has 0 N–H and O–H groups in total. The summed E-state index contributed by atoms with van der Waals surface area (Å²) in [6, 6.07) is 6.03. The zero-order chi connectivity index (χ0) is 14.3. The number of carbonyl (C=O) groups excluding carboxylic acids is 1. The van der Waals surface area contributed by atoms with Gasteiger partial charge in [0, 0.05) is 18.7 Å². The van der Waals surface area contributed by atoms with Gasteiger partial charge in [0.25, 0.3) is 0 Å². The van der Waals surface area contributed by atoms with Gasteiger partial charge in [-0.1, -0.05) is 24.6 Å². The van der Waals surface area contributed by atoms with Crippen molar-refractivity contribution in [3.63, 3.8) is 0 Å². The Balaban J connectivity index is 2.63. The van der Waals surface area contributed by atoms with Crippen molar-refractivity contribution in [1.82, 2.24) is 4.90 Å². The fourth-order valence-electron chi connectivity index (χ4n) is 2.01. The highest BCUT2D eigenvalue weighted by Crippen LogP contribution is 2.12. The van der Waals surface area contributed by atoms with E-state index in [2.05, 4.69) is 11.8 Å². The molecular weight excluding hydrogens is 238 g/mol. The number of rotatable bonds is 8. The molecule has 1 rings (SSSR count). The van der Waals surface area contributed by atoms with Crippen molar-refractivity contribution in [2.75, 3.05) is 32.8 Å². The van der Waals surface area contributed by atoms with Crippen LogP contribution in [-0.2, 0) is 4.74 Å². The summed E-state index contributed by atoms with van der Waals surface area (Å²) in [5, 5.41) is 0. The van der Waals surface area contributed by atoms with E-state index in [-0.39, 0.29) is 5.78 Å². The van der Waals surface area contributed by atoms with Gasteiger partial charge in [-0.05, 0) is 38.9 Å². The molecule has 1 aromatic carbocycles. The van der Waals surface area contributed by atoms with Crippen LogP contribution in [0.25, 0.3) is 0 Å². The summed E-state index contributed by atoms with van der Waals surface area (Å²) in [7, 11) is 0. The van der Waals surface area contributed by atoms with Crippen molar-refractivity contribution in [2.45, 2.75) is 27.7 Å². The molecule has 0 aliphatic carbocycles. The molecule has 0 aromatic heterocycles. The smallest absolute Gasteiger partial charge is 0.177 e. The van der Waals surface area contributed by atoms with Gasteiger partial charge in [0.1, 0.15) is 0 Å². The summed E-state index contributed by atoms with van der Waals surface area (Å²) >= 11 is 0. The van der Waals surface area contributed by atoms with Gasteiger partial charge in [-0.15, -0.1) is 0 Å². The number of likely N-dealkylation sites (N-methyl/N-ethyl adjacent to an activating group) is 1. The predicted molar refractivity (Wildman–Crippen MR) is 78.9 cm³/mol. The van der Waals surface area contributed by atoms with Crippen LogP contribution in [0.5, 0.6) is 0 Å². The first-order chi connectivity index (χ1) is 9.08. The fraction of sp³-hybridized carbons (Fsp3) is 0.562. The normalized spacial score (nSPS) is 11.0. The van der Waals surface area contributed by atoms with Crippen LogP contribution < -0.4 is 0 Å². The van der Waals surface area contributed by atoms with E-state index in [0.717, 1.165) is 36.4 Å². The molecule has 0 aliphatic rings. The second-order valence-corrected chi connectivity index (χ2v) is 4.81. The Morgan fingerprint density at radius 1 is 1.26 bits per heavy atom. The Hall–Kier alpha value is -1.19. The molecule has 0 radical (unpaired) electrons. The van der Waals surface area contributed by atoms with E-state index in [4.69, 9.17) is 4.74 Å². The van der Waals surface area contributed by atoms with E-state index < -0.39 is 0 Å². The SMILES string of the molecule is CCOCCN(CC)CC(=O)c1cc(C)ccc1C. The second kappa shape index (κ2) is 8.08. The Bertz CT molecular complexity index is 415. The molecule has 0 aliphatic heterocycles. The molecule has 3 heteroatoms. The number of Topliss-reactive ketones (excluding diaryl/α,β-unsaturated/α-hetero) is 1. The zero-order valence-corrected chi connectivity index (χ0v) is 12.5. The number of hydrogen-bond acceptors (Lipinski definition) is 3. The van der Waals surface area contributed by atoms with Crippen molar-refractivity contribution >= 4 is 5.78 Å². The number of nitrogens with zero attached hydrogens (tertiary/aromatic N) is 1. The standard InChI is InChI=1S/C16H25NO2/c1-5-17(9-10-19-6-2)12-16(18)15-11-13(3)7-8-14(15)4/h7-8,11H,5-6,9-10,12H2,1-4H3. The molecule has 0 spiro atoms. The molecule has 0 atom stereocenters. The van der Waals surface area contributed by atoms with Gasteiger partial charge in [-0.2, -0.15) is 0 Å². The van der Waals surface area contributed by atoms with Crippen LogP contribution in [0.15, 0.2) is 18.2 Å². The fourth-order valence-corrected chi connectivity index (χ4v) is 2.01. The van der Waals surface area contributed by atoms with E-state index >= 15 is 0 Å². The number of aryl methyl sites for hydroxylation is 2. The lowest BCUT2D eigenvalue weighted by Crippen LogP contribution is -2.33. The van der Waals surface area contributed by atoms with Crippen molar-refractivity contribution in [2.24, 2.45) is 0 Å². The third kappa shape index (κ3) is 5.13. The highest BCUT2D eigenvalue weighted by Gasteiger charge is 2.13. The molecule has 0 unspecified atom stereocenters. The third-order valence-corrected chi connectivity index (χ3v) is 3.26. The lowest BCUT2D eigenvalue weighted by molar-refractivity contribution is 0.0867. The predicted octanol–water partition coefficient (Wildman–Crippen LogP) is 2.84. The number of ether oxygens (including phenoxy) is 1. The third-order valence-electron chi connectivity index (χ3n) is 3.26. The molecule has 19 heavy (non-hydrogen) atoms. The van der Waals surface area contributed by atoms with Gasteiger partial charge in [-0.3, -0.25) is 9.69 Å². The van der Waals surface area contributed by atoms with E-state index in [1.54, 1.807) is 0 Å². The Morgan fingerprint density at radius 3 is 2.63 bits per heavy atom. The van der Waals surface area contributed by atoms with Crippen molar-refractivity contribution in [1.29, 1.82) is 0 Å². The first kappa shape index (κ1) is 15.9. The Kier molecular flexibility index (Phi) is 6.74. The minimum absolute atomic E-state index is 0.194. The summed E-state index contributed by atoms with van der Waals surface area (Å²) in [6.07, 6.45) is 0. The van der Waals surface area contributed by atoms with Crippen molar-refractivity contribution in [3.8, 4) is 0 Å². The first-order valence-corrected chi connectivity index (χ1v) is 6.99. The molecule has 0 heterocycles. The van der Waals surface area contributed by atoms with Gasteiger partial charge in [-0.25, -0.2) is 0 Å². The number of hydrogen-bond donors (Lipinski definition) is 0. The summed E-state index contributed by atoms with van der Waals surface area (Å²) in [6.45, 7) is 11.6. The average Bonchev–Trinajstić information content (AvgIpc) is 2.40. The number of carbonyl (C=O) groups is 1. The summed E-state index contributed by atoms with van der Waals surface area (Å²) in [5.74, 6) is 0.194. The van der Waals surface area contributed by atoms with Crippen molar-refractivity contribution < 1.29 is 9.53 Å². The Morgan fingerprint density at radius 2 is 2.00 bits per heavy atom. The molecular formula is C16H25NO2. The van der Waals surface area contributed by atoms with E-state index in [9.17, 15) is 4.79 Å². The van der Waals surface area contributed by atoms with Crippen LogP contribution in [0.2, 0.25) is 0 Å². The largest absolute Gasteiger partial charge is 0.380 e. The minimum atomic E-state index is 0.194. The minimum Gasteiger partial charge on any atom is -0.380 e. The summed E-state index contributed by atoms with van der Waals surface area (Å²) in [5.41, 5.74) is 3.03. The Labute approximate surface area is 116 Å². The maximum Gasteiger partial charge on any atom is 0.177 e. The molecule has 1 aromatic rings. The second-order valence-electron chi connectivity index (χ2n) is 4.81. The first-order valence-electron chi connectivity index (χ1n) is 6.99. The topological polar surface area (TPSA) is 29.5 Å². The molecule has 0 saturated carbocycles. The molecule has 0 fully saturated rings. The van der Waals surface area contributed by atoms with Crippen LogP contribution >= 0.6 is 0 Å². The molecule has 0 amide bonds. The monoisotopic (exact) mass is 263 g/mol. The van der Waals surface area contributed by atoms with Crippen LogP contribution in [0.4, 0.5) is 0 Å². The van der Waals surface area contributed by atoms with E-state index in [1.165, 1.54) is 0 Å². The van der Waals surface area contributed by atoms with E-state index in [1.807, 2.05) is 39.0 Å². The number of ketones is 1. The average molecular weight is 263 g/mol. The zero-order valence-electron chi connectivity index (χ0n) is 12.5. The maximum atomic E-state index is 12.3. The summed E-state index contributed by atoms with van der Waals surface area (Å²) < 4.78 is 5.34.